The van der Waals surface area contributed by atoms with Crippen molar-refractivity contribution in [1.29, 1.82) is 0 Å². The summed E-state index contributed by atoms with van der Waals surface area (Å²) in [5.41, 5.74) is 0.884. The van der Waals surface area contributed by atoms with Crippen molar-refractivity contribution in [2.75, 3.05) is 6.54 Å². The van der Waals surface area contributed by atoms with Crippen LogP contribution in [0.15, 0.2) is 30.3 Å². The normalized spacial score (nSPS) is 24.7. The van der Waals surface area contributed by atoms with Crippen LogP contribution in [0.2, 0.25) is 0 Å². The van der Waals surface area contributed by atoms with E-state index in [4.69, 9.17) is 0 Å². The van der Waals surface area contributed by atoms with Crippen LogP contribution in [-0.2, 0) is 4.79 Å². The topological polar surface area (TPSA) is 69.6 Å². The number of aliphatic hydroxyl groups excluding tert-OH is 2. The lowest BCUT2D eigenvalue weighted by molar-refractivity contribution is -0.124. The number of ketones is 1. The lowest BCUT2D eigenvalue weighted by Crippen LogP contribution is -2.35. The maximum absolute atomic E-state index is 12.1. The summed E-state index contributed by atoms with van der Waals surface area (Å²) in [5.74, 6) is 0.389. The van der Waals surface area contributed by atoms with Crippen LogP contribution in [-0.4, -0.2) is 34.7 Å². The van der Waals surface area contributed by atoms with Gasteiger partial charge in [0.25, 0.3) is 0 Å². The summed E-state index contributed by atoms with van der Waals surface area (Å²) in [5, 5.41) is 23.0. The summed E-state index contributed by atoms with van der Waals surface area (Å²) >= 11 is 0. The van der Waals surface area contributed by atoms with Crippen LogP contribution in [0.25, 0.3) is 0 Å². The van der Waals surface area contributed by atoms with Gasteiger partial charge < -0.3 is 15.5 Å². The molecule has 1 saturated carbocycles. The molecule has 4 heteroatoms. The predicted octanol–water partition coefficient (Wildman–Crippen LogP) is 2.21. The molecule has 122 valence electrons. The third-order valence-corrected chi connectivity index (χ3v) is 4.60. The van der Waals surface area contributed by atoms with Gasteiger partial charge in [0.2, 0.25) is 0 Å². The first-order valence-corrected chi connectivity index (χ1v) is 8.25. The van der Waals surface area contributed by atoms with E-state index in [9.17, 15) is 15.0 Å². The quantitative estimate of drug-likeness (QED) is 0.722. The van der Waals surface area contributed by atoms with Gasteiger partial charge in [0.15, 0.2) is 0 Å². The third-order valence-electron chi connectivity index (χ3n) is 4.60. The van der Waals surface area contributed by atoms with Crippen LogP contribution in [0.1, 0.15) is 50.7 Å². The van der Waals surface area contributed by atoms with Gasteiger partial charge in [-0.15, -0.1) is 0 Å². The van der Waals surface area contributed by atoms with Gasteiger partial charge in [-0.1, -0.05) is 30.3 Å². The Morgan fingerprint density at radius 2 is 1.86 bits per heavy atom. The molecule has 22 heavy (non-hydrogen) atoms. The highest BCUT2D eigenvalue weighted by atomic mass is 16.3. The van der Waals surface area contributed by atoms with E-state index in [1.807, 2.05) is 37.3 Å². The highest BCUT2D eigenvalue weighted by Crippen LogP contribution is 2.25. The molecular formula is C18H27NO3. The van der Waals surface area contributed by atoms with E-state index < -0.39 is 6.10 Å². The molecule has 1 aromatic carbocycles. The summed E-state index contributed by atoms with van der Waals surface area (Å²) in [6.07, 6.45) is 2.81. The van der Waals surface area contributed by atoms with Crippen LogP contribution in [0, 0.1) is 5.92 Å². The Morgan fingerprint density at radius 3 is 2.50 bits per heavy atom. The van der Waals surface area contributed by atoms with Crippen molar-refractivity contribution in [3.8, 4) is 0 Å². The molecule has 0 aliphatic heterocycles. The van der Waals surface area contributed by atoms with Gasteiger partial charge in [-0.05, 0) is 38.2 Å². The van der Waals surface area contributed by atoms with E-state index >= 15 is 0 Å². The fourth-order valence-corrected chi connectivity index (χ4v) is 3.08. The van der Waals surface area contributed by atoms with Crippen molar-refractivity contribution in [3.63, 3.8) is 0 Å². The fraction of sp³-hybridized carbons (Fsp3) is 0.611. The van der Waals surface area contributed by atoms with Gasteiger partial charge in [-0.2, -0.15) is 0 Å². The number of rotatable bonds is 7. The zero-order chi connectivity index (χ0) is 15.9. The van der Waals surface area contributed by atoms with Crippen molar-refractivity contribution in [3.05, 3.63) is 35.9 Å². The molecule has 1 aliphatic carbocycles. The molecule has 4 nitrogen and oxygen atoms in total. The Labute approximate surface area is 132 Å². The highest BCUT2D eigenvalue weighted by molar-refractivity contribution is 5.81. The minimum atomic E-state index is -0.568. The van der Waals surface area contributed by atoms with E-state index in [-0.39, 0.29) is 23.8 Å². The predicted molar refractivity (Wildman–Crippen MR) is 86.5 cm³/mol. The second-order valence-corrected chi connectivity index (χ2v) is 6.32. The molecule has 0 spiro atoms. The Bertz CT molecular complexity index is 455. The van der Waals surface area contributed by atoms with Crippen LogP contribution in [0.3, 0.4) is 0 Å². The maximum Gasteiger partial charge on any atom is 0.137 e. The summed E-state index contributed by atoms with van der Waals surface area (Å²) in [7, 11) is 0. The largest absolute Gasteiger partial charge is 0.393 e. The van der Waals surface area contributed by atoms with E-state index in [0.29, 0.717) is 13.0 Å². The molecule has 2 atom stereocenters. The first kappa shape index (κ1) is 17.1. The summed E-state index contributed by atoms with van der Waals surface area (Å²) in [6, 6.07) is 9.46. The first-order chi connectivity index (χ1) is 10.6. The van der Waals surface area contributed by atoms with Gasteiger partial charge >= 0.3 is 0 Å². The molecule has 2 rings (SSSR count). The average Bonchev–Trinajstić information content (AvgIpc) is 2.55. The minimum absolute atomic E-state index is 0.0941. The van der Waals surface area contributed by atoms with Gasteiger partial charge in [0.1, 0.15) is 5.78 Å². The number of hydrogen-bond acceptors (Lipinski definition) is 4. The second kappa shape index (κ2) is 8.42. The lowest BCUT2D eigenvalue weighted by Gasteiger charge is -2.25. The number of aliphatic hydroxyl groups is 2. The Hall–Kier alpha value is -1.23. The molecular weight excluding hydrogens is 278 g/mol. The highest BCUT2D eigenvalue weighted by Gasteiger charge is 2.25. The minimum Gasteiger partial charge on any atom is -0.393 e. The number of carbonyl (C=O) groups is 1. The van der Waals surface area contributed by atoms with E-state index in [1.165, 1.54) is 0 Å². The molecule has 0 radical (unpaired) electrons. The molecule has 0 unspecified atom stereocenters. The Balaban J connectivity index is 1.70. The van der Waals surface area contributed by atoms with Crippen molar-refractivity contribution in [2.45, 2.75) is 57.3 Å². The van der Waals surface area contributed by atoms with Crippen LogP contribution in [0.4, 0.5) is 0 Å². The molecule has 1 aliphatic rings. The second-order valence-electron chi connectivity index (χ2n) is 6.32. The summed E-state index contributed by atoms with van der Waals surface area (Å²) < 4.78 is 0. The third kappa shape index (κ3) is 4.90. The van der Waals surface area contributed by atoms with Crippen molar-refractivity contribution >= 4 is 5.78 Å². The number of hydrogen-bond donors (Lipinski definition) is 3. The average molecular weight is 305 g/mol. The Morgan fingerprint density at radius 1 is 1.23 bits per heavy atom. The molecule has 1 aromatic rings. The first-order valence-electron chi connectivity index (χ1n) is 8.25. The monoisotopic (exact) mass is 305 g/mol. The summed E-state index contributed by atoms with van der Waals surface area (Å²) in [6.45, 7) is 2.52. The molecule has 0 saturated heterocycles. The van der Waals surface area contributed by atoms with Crippen LogP contribution >= 0.6 is 0 Å². The smallest absolute Gasteiger partial charge is 0.137 e. The molecule has 0 bridgehead atoms. The lowest BCUT2D eigenvalue weighted by atomic mass is 9.84. The molecule has 0 aromatic heterocycles. The van der Waals surface area contributed by atoms with Crippen molar-refractivity contribution in [2.24, 2.45) is 5.92 Å². The fourth-order valence-electron chi connectivity index (χ4n) is 3.08. The maximum atomic E-state index is 12.1. The standard InChI is InChI=1S/C18H27NO3/c1-13(18(22)15-5-3-2-4-6-15)19-12-11-17(21)14-7-9-16(20)10-8-14/h2-6,13-14,16,18-20,22H,7-12H2,1H3/t13-,14?,16?,18-/m0/s1. The van der Waals surface area contributed by atoms with E-state index in [0.717, 1.165) is 31.2 Å². The van der Waals surface area contributed by atoms with Gasteiger partial charge in [-0.3, -0.25) is 4.79 Å². The molecule has 1 fully saturated rings. The van der Waals surface area contributed by atoms with E-state index in [1.54, 1.807) is 0 Å². The zero-order valence-electron chi connectivity index (χ0n) is 13.2. The molecule has 3 N–H and O–H groups in total. The number of carbonyl (C=O) groups excluding carboxylic acids is 1. The number of Topliss-reactive ketones (excluding diaryl/α,β-unsaturated/α-hetero) is 1. The number of nitrogens with one attached hydrogen (secondary N) is 1. The van der Waals surface area contributed by atoms with Crippen LogP contribution in [0.5, 0.6) is 0 Å². The van der Waals surface area contributed by atoms with Gasteiger partial charge in [0.05, 0.1) is 12.2 Å². The van der Waals surface area contributed by atoms with E-state index in [2.05, 4.69) is 5.32 Å². The summed E-state index contributed by atoms with van der Waals surface area (Å²) in [4.78, 5) is 12.1. The van der Waals surface area contributed by atoms with Gasteiger partial charge in [0, 0.05) is 24.9 Å². The number of benzene rings is 1. The molecule has 0 amide bonds. The van der Waals surface area contributed by atoms with Crippen molar-refractivity contribution < 1.29 is 15.0 Å². The Kier molecular flexibility index (Phi) is 6.55. The van der Waals surface area contributed by atoms with Crippen LogP contribution < -0.4 is 5.32 Å². The van der Waals surface area contributed by atoms with Gasteiger partial charge in [-0.25, -0.2) is 0 Å². The zero-order valence-corrected chi connectivity index (χ0v) is 13.2. The molecule has 0 heterocycles. The van der Waals surface area contributed by atoms with Crippen molar-refractivity contribution in [1.82, 2.24) is 5.32 Å². The SMILES string of the molecule is C[C@H](NCCC(=O)C1CCC(O)CC1)[C@H](O)c1ccccc1.